The van der Waals surface area contributed by atoms with E-state index in [9.17, 15) is 4.79 Å². The van der Waals surface area contributed by atoms with Crippen LogP contribution >= 0.6 is 11.6 Å². The van der Waals surface area contributed by atoms with Crippen LogP contribution in [0.15, 0.2) is 24.4 Å². The van der Waals surface area contributed by atoms with E-state index in [4.69, 9.17) is 21.1 Å². The molecule has 0 bridgehead atoms. The molecule has 7 nitrogen and oxygen atoms in total. The van der Waals surface area contributed by atoms with Crippen LogP contribution in [0.4, 0.5) is 5.95 Å². The molecule has 0 radical (unpaired) electrons. The number of hydrogen-bond donors (Lipinski definition) is 1. The summed E-state index contributed by atoms with van der Waals surface area (Å²) in [6.45, 7) is 3.32. The highest BCUT2D eigenvalue weighted by Gasteiger charge is 2.28. The van der Waals surface area contributed by atoms with Crippen LogP contribution in [0.1, 0.15) is 54.4 Å². The first-order valence-corrected chi connectivity index (χ1v) is 12.0. The van der Waals surface area contributed by atoms with Crippen LogP contribution in [-0.2, 0) is 16.0 Å². The number of anilines is 1. The zero-order valence-corrected chi connectivity index (χ0v) is 18.9. The third-order valence-corrected chi connectivity index (χ3v) is 6.85. The highest BCUT2D eigenvalue weighted by atomic mass is 35.5. The van der Waals surface area contributed by atoms with E-state index in [1.807, 2.05) is 23.1 Å². The first-order valence-electron chi connectivity index (χ1n) is 11.6. The van der Waals surface area contributed by atoms with Crippen LogP contribution in [-0.4, -0.2) is 59.3 Å². The third kappa shape index (κ3) is 4.75. The molecule has 1 aliphatic carbocycles. The predicted octanol–water partition coefficient (Wildman–Crippen LogP) is 4.30. The molecule has 1 N–H and O–H groups in total. The molecule has 8 heteroatoms. The highest BCUT2D eigenvalue weighted by molar-refractivity contribution is 6.33. The molecule has 0 unspecified atom stereocenters. The van der Waals surface area contributed by atoms with Crippen molar-refractivity contribution in [2.75, 3.05) is 31.7 Å². The third-order valence-electron chi connectivity index (χ3n) is 6.58. The molecule has 1 saturated heterocycles. The second-order valence-electron chi connectivity index (χ2n) is 8.80. The molecule has 3 aliphatic rings. The quantitative estimate of drug-likeness (QED) is 0.669. The van der Waals surface area contributed by atoms with Gasteiger partial charge in [0.05, 0.1) is 29.6 Å². The lowest BCUT2D eigenvalue weighted by Gasteiger charge is -2.23. The Hall–Kier alpha value is -2.22. The van der Waals surface area contributed by atoms with Gasteiger partial charge in [-0.1, -0.05) is 36.6 Å². The van der Waals surface area contributed by atoms with E-state index in [2.05, 4.69) is 15.3 Å². The van der Waals surface area contributed by atoms with Crippen molar-refractivity contribution in [3.63, 3.8) is 0 Å². The Labute approximate surface area is 193 Å². The summed E-state index contributed by atoms with van der Waals surface area (Å²) in [5.74, 6) is 0.594. The summed E-state index contributed by atoms with van der Waals surface area (Å²) in [4.78, 5) is 23.9. The normalized spacial score (nSPS) is 19.5. The van der Waals surface area contributed by atoms with Crippen molar-refractivity contribution < 1.29 is 14.3 Å². The number of aromatic nitrogens is 2. The Balaban J connectivity index is 1.28. The number of fused-ring (bicyclic) bond motifs is 1. The first-order chi connectivity index (χ1) is 15.7. The van der Waals surface area contributed by atoms with Gasteiger partial charge in [-0.25, -0.2) is 9.97 Å². The van der Waals surface area contributed by atoms with E-state index >= 15 is 0 Å². The zero-order chi connectivity index (χ0) is 21.9. The number of ether oxygens (including phenoxy) is 2. The molecule has 170 valence electrons. The topological polar surface area (TPSA) is 76.6 Å². The van der Waals surface area contributed by atoms with Gasteiger partial charge in [-0.2, -0.15) is 0 Å². The number of nitrogens with zero attached hydrogens (tertiary/aromatic N) is 3. The largest absolute Gasteiger partial charge is 0.381 e. The van der Waals surface area contributed by atoms with E-state index < -0.39 is 0 Å². The Morgan fingerprint density at radius 2 is 2.00 bits per heavy atom. The van der Waals surface area contributed by atoms with Gasteiger partial charge in [-0.05, 0) is 37.3 Å². The summed E-state index contributed by atoms with van der Waals surface area (Å²) in [6.07, 6.45) is 8.62. The highest BCUT2D eigenvalue weighted by Crippen LogP contribution is 2.32. The molecule has 1 aromatic carbocycles. The maximum atomic E-state index is 13.0. The average molecular weight is 457 g/mol. The minimum atomic E-state index is 0.0441. The van der Waals surface area contributed by atoms with Crippen molar-refractivity contribution in [3.05, 3.63) is 40.5 Å². The molecule has 2 aromatic rings. The predicted molar refractivity (Wildman–Crippen MR) is 123 cm³/mol. The molecular formula is C24H29ClN4O3. The average Bonchev–Trinajstić information content (AvgIpc) is 3.44. The van der Waals surface area contributed by atoms with Gasteiger partial charge in [-0.3, -0.25) is 4.79 Å². The molecule has 1 aromatic heterocycles. The summed E-state index contributed by atoms with van der Waals surface area (Å²) in [5.41, 5.74) is 3.21. The van der Waals surface area contributed by atoms with E-state index in [0.29, 0.717) is 48.5 Å². The summed E-state index contributed by atoms with van der Waals surface area (Å²) < 4.78 is 11.4. The van der Waals surface area contributed by atoms with Crippen molar-refractivity contribution in [1.29, 1.82) is 0 Å². The maximum absolute atomic E-state index is 13.0. The fourth-order valence-electron chi connectivity index (χ4n) is 4.74. The van der Waals surface area contributed by atoms with E-state index in [1.165, 1.54) is 12.8 Å². The molecule has 32 heavy (non-hydrogen) atoms. The monoisotopic (exact) mass is 456 g/mol. The number of nitrogens with one attached hydrogen (secondary N) is 1. The zero-order valence-electron chi connectivity index (χ0n) is 18.2. The lowest BCUT2D eigenvalue weighted by molar-refractivity contribution is 0.0380. The minimum absolute atomic E-state index is 0.0441. The van der Waals surface area contributed by atoms with Gasteiger partial charge in [0.1, 0.15) is 0 Å². The van der Waals surface area contributed by atoms with Gasteiger partial charge in [-0.15, -0.1) is 0 Å². The van der Waals surface area contributed by atoms with Gasteiger partial charge in [0, 0.05) is 43.5 Å². The maximum Gasteiger partial charge on any atom is 0.254 e. The number of hydrogen-bond acceptors (Lipinski definition) is 6. The second kappa shape index (κ2) is 9.73. The van der Waals surface area contributed by atoms with E-state index in [-0.39, 0.29) is 5.91 Å². The molecular weight excluding hydrogens is 428 g/mol. The number of carbonyl (C=O) groups excluding carboxylic acids is 1. The van der Waals surface area contributed by atoms with Gasteiger partial charge in [0.15, 0.2) is 0 Å². The van der Waals surface area contributed by atoms with Crippen LogP contribution in [0.3, 0.4) is 0 Å². The van der Waals surface area contributed by atoms with Crippen molar-refractivity contribution in [2.24, 2.45) is 0 Å². The van der Waals surface area contributed by atoms with Gasteiger partial charge in [0.2, 0.25) is 5.95 Å². The number of amides is 1. The molecule has 0 spiro atoms. The Morgan fingerprint density at radius 3 is 2.81 bits per heavy atom. The summed E-state index contributed by atoms with van der Waals surface area (Å²) in [5, 5.41) is 3.85. The van der Waals surface area contributed by atoms with Crippen LogP contribution in [0.5, 0.6) is 0 Å². The lowest BCUT2D eigenvalue weighted by Crippen LogP contribution is -2.29. The van der Waals surface area contributed by atoms with Crippen LogP contribution in [0.2, 0.25) is 5.02 Å². The van der Waals surface area contributed by atoms with E-state index in [1.54, 1.807) is 6.20 Å². The Morgan fingerprint density at radius 1 is 1.19 bits per heavy atom. The number of benzene rings is 1. The fraction of sp³-hybridized carbons (Fsp3) is 0.542. The number of carbonyl (C=O) groups is 1. The molecule has 3 heterocycles. The Kier molecular flexibility index (Phi) is 6.57. The van der Waals surface area contributed by atoms with Crippen molar-refractivity contribution in [1.82, 2.24) is 14.9 Å². The standard InChI is InChI=1S/C24H29ClN4O3/c25-21-14-26-24(27-18-7-10-31-11-8-18)28-22(21)16-5-6-17-15-29(23(30)20(17)13-16)9-12-32-19-3-1-2-4-19/h5-6,13-14,18-19H,1-4,7-12,15H2,(H,26,27,28). The van der Waals surface area contributed by atoms with Crippen LogP contribution in [0, 0.1) is 0 Å². The summed E-state index contributed by atoms with van der Waals surface area (Å²) >= 11 is 6.44. The fourth-order valence-corrected chi connectivity index (χ4v) is 4.94. The molecule has 1 saturated carbocycles. The smallest absolute Gasteiger partial charge is 0.254 e. The molecule has 2 fully saturated rings. The molecule has 5 rings (SSSR count). The van der Waals surface area contributed by atoms with Crippen molar-refractivity contribution in [3.8, 4) is 11.3 Å². The first kappa shape index (κ1) is 21.6. The molecule has 1 amide bonds. The minimum Gasteiger partial charge on any atom is -0.381 e. The SMILES string of the molecule is O=C1c2cc(-c3nc(NC4CCOCC4)ncc3Cl)ccc2CN1CCOC1CCCC1. The second-order valence-corrected chi connectivity index (χ2v) is 9.20. The summed E-state index contributed by atoms with van der Waals surface area (Å²) in [7, 11) is 0. The van der Waals surface area contributed by atoms with Crippen molar-refractivity contribution in [2.45, 2.75) is 57.2 Å². The Bertz CT molecular complexity index is 974. The van der Waals surface area contributed by atoms with Gasteiger partial charge >= 0.3 is 0 Å². The number of halogens is 1. The van der Waals surface area contributed by atoms with Gasteiger partial charge < -0.3 is 19.7 Å². The van der Waals surface area contributed by atoms with Crippen LogP contribution in [0.25, 0.3) is 11.3 Å². The molecule has 2 aliphatic heterocycles. The van der Waals surface area contributed by atoms with Crippen molar-refractivity contribution >= 4 is 23.5 Å². The van der Waals surface area contributed by atoms with Crippen LogP contribution < -0.4 is 5.32 Å². The van der Waals surface area contributed by atoms with Gasteiger partial charge in [0.25, 0.3) is 5.91 Å². The summed E-state index contributed by atoms with van der Waals surface area (Å²) in [6, 6.07) is 6.18. The number of rotatable bonds is 7. The lowest BCUT2D eigenvalue weighted by atomic mass is 10.0. The van der Waals surface area contributed by atoms with E-state index in [0.717, 1.165) is 55.6 Å². The molecule has 0 atom stereocenters.